The number of nitrogen functional groups attached to an aromatic ring is 2. The molecular weight excluding hydrogens is 801 g/mol. The molecule has 0 atom stereocenters. The number of aryl methyl sites for hydroxylation is 2. The van der Waals surface area contributed by atoms with Crippen molar-refractivity contribution in [3.05, 3.63) is 254 Å². The van der Waals surface area contributed by atoms with Gasteiger partial charge < -0.3 is 21.3 Å². The van der Waals surface area contributed by atoms with E-state index in [0.29, 0.717) is 0 Å². The van der Waals surface area contributed by atoms with Crippen LogP contribution >= 0.6 is 0 Å². The molecule has 0 aromatic heterocycles. The van der Waals surface area contributed by atoms with Crippen molar-refractivity contribution >= 4 is 45.5 Å². The monoisotopic (exact) mass is 850 g/mol. The Morgan fingerprint density at radius 3 is 0.909 bits per heavy atom. The number of hydrogen-bond acceptors (Lipinski definition) is 4. The molecule has 0 spiro atoms. The molecule has 4 N–H and O–H groups in total. The van der Waals surface area contributed by atoms with Crippen molar-refractivity contribution in [1.29, 1.82) is 0 Å². The smallest absolute Gasteiger partial charge is 0.0698 e. The maximum absolute atomic E-state index is 7.38. The topological polar surface area (TPSA) is 58.5 Å². The second-order valence-corrected chi connectivity index (χ2v) is 16.6. The van der Waals surface area contributed by atoms with Crippen molar-refractivity contribution < 1.29 is 0 Å². The lowest BCUT2D eigenvalue weighted by Crippen LogP contribution is -2.13. The maximum atomic E-state index is 7.38. The molecule has 318 valence electrons. The molecule has 0 aliphatic carbocycles. The summed E-state index contributed by atoms with van der Waals surface area (Å²) in [6, 6.07) is 85.2. The van der Waals surface area contributed by atoms with E-state index in [0.717, 1.165) is 101 Å². The second-order valence-electron chi connectivity index (χ2n) is 16.6. The van der Waals surface area contributed by atoms with Crippen LogP contribution in [-0.2, 0) is 0 Å². The Hall–Kier alpha value is -8.60. The highest BCUT2D eigenvalue weighted by atomic mass is 15.2. The third kappa shape index (κ3) is 7.97. The van der Waals surface area contributed by atoms with Crippen LogP contribution in [0.4, 0.5) is 45.5 Å². The minimum absolute atomic E-state index is 0.721. The van der Waals surface area contributed by atoms with Crippen LogP contribution in [0, 0.1) is 13.8 Å². The Kier molecular flexibility index (Phi) is 11.4. The van der Waals surface area contributed by atoms with Gasteiger partial charge in [0.05, 0.1) is 22.7 Å². The van der Waals surface area contributed by atoms with Crippen LogP contribution in [0.25, 0.3) is 55.6 Å². The van der Waals surface area contributed by atoms with Crippen LogP contribution in [0.3, 0.4) is 0 Å². The largest absolute Gasteiger partial charge is 0.397 e. The van der Waals surface area contributed by atoms with Crippen molar-refractivity contribution in [3.63, 3.8) is 0 Å². The van der Waals surface area contributed by atoms with E-state index >= 15 is 0 Å². The number of benzene rings is 10. The van der Waals surface area contributed by atoms with E-state index in [1.54, 1.807) is 0 Å². The molecule has 0 aliphatic heterocycles. The molecular formula is C62H50N4. The molecule has 10 rings (SSSR count). The van der Waals surface area contributed by atoms with Crippen LogP contribution in [0.2, 0.25) is 0 Å². The van der Waals surface area contributed by atoms with Crippen molar-refractivity contribution in [1.82, 2.24) is 0 Å². The van der Waals surface area contributed by atoms with E-state index in [1.807, 2.05) is 24.3 Å². The Bertz CT molecular complexity index is 3030. The summed E-state index contributed by atoms with van der Waals surface area (Å²) < 4.78 is 0. The van der Waals surface area contributed by atoms with Crippen LogP contribution < -0.4 is 21.3 Å². The van der Waals surface area contributed by atoms with Crippen LogP contribution in [0.1, 0.15) is 11.1 Å². The first kappa shape index (κ1) is 41.4. The van der Waals surface area contributed by atoms with E-state index in [9.17, 15) is 0 Å². The summed E-state index contributed by atoms with van der Waals surface area (Å²) in [4.78, 5) is 4.52. The molecule has 4 heteroatoms. The molecule has 4 nitrogen and oxygen atoms in total. The van der Waals surface area contributed by atoms with Gasteiger partial charge >= 0.3 is 0 Å². The van der Waals surface area contributed by atoms with Gasteiger partial charge in [-0.3, -0.25) is 0 Å². The lowest BCUT2D eigenvalue weighted by Gasteiger charge is -2.29. The van der Waals surface area contributed by atoms with Gasteiger partial charge in [0.1, 0.15) is 0 Å². The fourth-order valence-corrected chi connectivity index (χ4v) is 9.23. The van der Waals surface area contributed by atoms with E-state index in [1.165, 1.54) is 11.1 Å². The molecule has 0 unspecified atom stereocenters. The van der Waals surface area contributed by atoms with Gasteiger partial charge in [0, 0.05) is 33.9 Å². The van der Waals surface area contributed by atoms with Gasteiger partial charge in [-0.2, -0.15) is 0 Å². The molecule has 0 aliphatic rings. The van der Waals surface area contributed by atoms with Crippen LogP contribution in [0.5, 0.6) is 0 Å². The van der Waals surface area contributed by atoms with Crippen LogP contribution in [-0.4, -0.2) is 0 Å². The third-order valence-electron chi connectivity index (χ3n) is 12.5. The van der Waals surface area contributed by atoms with Gasteiger partial charge in [-0.15, -0.1) is 0 Å². The minimum Gasteiger partial charge on any atom is -0.397 e. The molecule has 10 aromatic carbocycles. The summed E-state index contributed by atoms with van der Waals surface area (Å²) in [5.74, 6) is 0. The van der Waals surface area contributed by atoms with Crippen molar-refractivity contribution in [2.24, 2.45) is 0 Å². The first-order valence-corrected chi connectivity index (χ1v) is 22.4. The number of para-hydroxylation sites is 2. The van der Waals surface area contributed by atoms with Gasteiger partial charge in [0.25, 0.3) is 0 Å². The summed E-state index contributed by atoms with van der Waals surface area (Å²) >= 11 is 0. The minimum atomic E-state index is 0.721. The summed E-state index contributed by atoms with van der Waals surface area (Å²) in [7, 11) is 0. The molecule has 0 bridgehead atoms. The highest BCUT2D eigenvalue weighted by Crippen LogP contribution is 2.49. The summed E-state index contributed by atoms with van der Waals surface area (Å²) in [6.45, 7) is 4.30. The summed E-state index contributed by atoms with van der Waals surface area (Å²) in [5, 5.41) is 0. The van der Waals surface area contributed by atoms with E-state index in [4.69, 9.17) is 11.5 Å². The molecule has 0 amide bonds. The predicted molar refractivity (Wildman–Crippen MR) is 281 cm³/mol. The Morgan fingerprint density at radius 1 is 0.258 bits per heavy atom. The molecule has 0 saturated heterocycles. The van der Waals surface area contributed by atoms with Gasteiger partial charge in [0.2, 0.25) is 0 Å². The highest BCUT2D eigenvalue weighted by Gasteiger charge is 2.24. The lowest BCUT2D eigenvalue weighted by molar-refractivity contribution is 1.28. The van der Waals surface area contributed by atoms with E-state index in [2.05, 4.69) is 242 Å². The average Bonchev–Trinajstić information content (AvgIpc) is 3.37. The normalized spacial score (nSPS) is 11.0. The predicted octanol–water partition coefficient (Wildman–Crippen LogP) is 16.7. The first-order chi connectivity index (χ1) is 32.4. The molecule has 10 aromatic rings. The average molecular weight is 851 g/mol. The fraction of sp³-hybridized carbons (Fsp3) is 0.0323. The van der Waals surface area contributed by atoms with Crippen LogP contribution in [0.15, 0.2) is 243 Å². The van der Waals surface area contributed by atoms with Crippen molar-refractivity contribution in [2.75, 3.05) is 21.3 Å². The Morgan fingerprint density at radius 2 is 0.561 bits per heavy atom. The first-order valence-electron chi connectivity index (χ1n) is 22.4. The third-order valence-corrected chi connectivity index (χ3v) is 12.5. The number of nitrogens with zero attached hydrogens (tertiary/aromatic N) is 2. The fourth-order valence-electron chi connectivity index (χ4n) is 9.23. The quantitative estimate of drug-likeness (QED) is 0.127. The molecule has 0 heterocycles. The van der Waals surface area contributed by atoms with Gasteiger partial charge in [-0.05, 0) is 130 Å². The molecule has 0 radical (unpaired) electrons. The van der Waals surface area contributed by atoms with E-state index < -0.39 is 0 Å². The zero-order chi connectivity index (χ0) is 45.0. The van der Waals surface area contributed by atoms with E-state index in [-0.39, 0.29) is 0 Å². The Balaban J connectivity index is 1.03. The van der Waals surface area contributed by atoms with Gasteiger partial charge in [-0.25, -0.2) is 0 Å². The number of hydrogen-bond donors (Lipinski definition) is 2. The van der Waals surface area contributed by atoms with Crippen molar-refractivity contribution in [2.45, 2.75) is 13.8 Å². The summed E-state index contributed by atoms with van der Waals surface area (Å²) in [6.07, 6.45) is 0. The maximum Gasteiger partial charge on any atom is 0.0698 e. The van der Waals surface area contributed by atoms with Gasteiger partial charge in [-0.1, -0.05) is 182 Å². The molecule has 0 saturated carbocycles. The Labute approximate surface area is 388 Å². The van der Waals surface area contributed by atoms with Crippen molar-refractivity contribution in [3.8, 4) is 55.6 Å². The number of rotatable bonds is 11. The zero-order valence-corrected chi connectivity index (χ0v) is 37.1. The number of nitrogens with two attached hydrogens (primary N) is 2. The molecule has 66 heavy (non-hydrogen) atoms. The molecule has 0 fully saturated rings. The zero-order valence-electron chi connectivity index (χ0n) is 37.1. The summed E-state index contributed by atoms with van der Waals surface area (Å²) in [5.41, 5.74) is 35.4. The number of anilines is 8. The van der Waals surface area contributed by atoms with Gasteiger partial charge in [0.15, 0.2) is 0 Å². The second kappa shape index (κ2) is 18.2. The SMILES string of the molecule is Cc1ccccc1-c1c(-c2ccccc2)ccc(N(c2ccccc2)c2ccc(-c3ccc(N(c4ccccc4)c4ccc(-c5ccccc5)c(-c5ccccc5C)c4N)cc3)cc2)c1N. The highest BCUT2D eigenvalue weighted by molar-refractivity contribution is 6.02. The lowest BCUT2D eigenvalue weighted by atomic mass is 9.89. The standard InChI is InChI=1S/C62H50N4/c1-43-19-15-17-29-53(43)59-55(47-21-7-3-8-22-47)39-41-57(61(59)63)65(49-25-11-5-12-26-49)51-35-31-45(32-36-51)46-33-37-52(38-34-46)66(50-27-13-6-14-28-50)58-42-40-56(48-23-9-4-10-24-48)60(62(58)64)54-30-18-16-20-44(54)2/h3-42H,63-64H2,1-2H3.